The van der Waals surface area contributed by atoms with Crippen LogP contribution in [0.25, 0.3) is 0 Å². The fourth-order valence-electron chi connectivity index (χ4n) is 0. The standard InChI is InChI=1S/Co.Fe.Pr.Sr.2H. The average molecular weight is 345 g/mol. The molecule has 0 spiro atoms. The summed E-state index contributed by atoms with van der Waals surface area (Å²) >= 11 is 0. The summed E-state index contributed by atoms with van der Waals surface area (Å²) < 4.78 is 0. The Hall–Kier alpha value is 3.87. The maximum atomic E-state index is 0. The Bertz CT molecular complexity index is 8.00. The van der Waals surface area contributed by atoms with E-state index in [4.69, 9.17) is 0 Å². The molecule has 4 heavy (non-hydrogen) atoms. The van der Waals surface area contributed by atoms with Gasteiger partial charge >= 0.3 is 45.5 Å². The average Bonchev–Trinajstić information content (AvgIpc) is 0. The van der Waals surface area contributed by atoms with Crippen molar-refractivity contribution in [3.05, 3.63) is 0 Å². The summed E-state index contributed by atoms with van der Waals surface area (Å²) in [7, 11) is 0. The minimum atomic E-state index is 0. The van der Waals surface area contributed by atoms with Gasteiger partial charge < -0.3 is 0 Å². The van der Waals surface area contributed by atoms with Crippen LogP contribution >= 0.6 is 0 Å². The molecule has 0 nitrogen and oxygen atoms in total. The molecule has 0 saturated heterocycles. The topological polar surface area (TPSA) is 0 Å². The van der Waals surface area contributed by atoms with Gasteiger partial charge in [0, 0.05) is 75.1 Å². The van der Waals surface area contributed by atoms with E-state index >= 15 is 0 Å². The fourth-order valence-corrected chi connectivity index (χ4v) is 0. The number of hydrogen-bond acceptors (Lipinski definition) is 0. The minimum absolute atomic E-state index is 0. The zero-order valence-electron chi connectivity index (χ0n) is 1.26. The summed E-state index contributed by atoms with van der Waals surface area (Å²) in [5, 5.41) is 0. The molecule has 0 N–H and O–H groups in total. The molecular formula is H2CoFePrSr. The molecule has 0 aromatic carbocycles. The molecule has 0 fully saturated rings. The van der Waals surface area contributed by atoms with Gasteiger partial charge in [-0.3, -0.25) is 0 Å². The molecule has 0 atom stereocenters. The van der Waals surface area contributed by atoms with E-state index in [1.54, 1.807) is 0 Å². The van der Waals surface area contributed by atoms with E-state index in [9.17, 15) is 0 Å². The van der Waals surface area contributed by atoms with E-state index in [2.05, 4.69) is 0 Å². The van der Waals surface area contributed by atoms with Crippen LogP contribution in [0, 0.1) is 41.3 Å². The van der Waals surface area contributed by atoms with Crippen molar-refractivity contribution in [3.63, 3.8) is 0 Å². The van der Waals surface area contributed by atoms with E-state index < -0.39 is 0 Å². The normalized spacial score (nSPS) is 0. The maximum absolute atomic E-state index is 0. The van der Waals surface area contributed by atoms with Crippen LogP contribution in [0.2, 0.25) is 0 Å². The van der Waals surface area contributed by atoms with E-state index in [1.807, 2.05) is 0 Å². The number of rotatable bonds is 0. The Kier molecular flexibility index (Phi) is 98.0. The van der Waals surface area contributed by atoms with Gasteiger partial charge in [-0.25, -0.2) is 0 Å². The SMILES string of the molecule is [Co].[Fe].[Pr].[SrH2]. The molecule has 0 unspecified atom stereocenters. The summed E-state index contributed by atoms with van der Waals surface area (Å²) in [4.78, 5) is 0. The molecule has 0 aromatic rings. The summed E-state index contributed by atoms with van der Waals surface area (Å²) in [6.45, 7) is 0. The van der Waals surface area contributed by atoms with Crippen LogP contribution in [-0.4, -0.2) is 45.5 Å². The van der Waals surface area contributed by atoms with Crippen LogP contribution in [0.1, 0.15) is 0 Å². The molecule has 0 aliphatic rings. The Morgan fingerprint density at radius 2 is 1.00 bits per heavy atom. The molecule has 0 amide bonds. The van der Waals surface area contributed by atoms with Gasteiger partial charge in [-0.2, -0.15) is 0 Å². The first-order valence-electron chi connectivity index (χ1n) is 0. The van der Waals surface area contributed by atoms with Crippen LogP contribution in [0.15, 0.2) is 0 Å². The molecule has 4 heteroatoms. The molecule has 0 aromatic heterocycles. The van der Waals surface area contributed by atoms with Gasteiger partial charge in [0.15, 0.2) is 0 Å². The van der Waals surface area contributed by atoms with Crippen molar-refractivity contribution in [1.82, 2.24) is 0 Å². The molecular weight excluding hydrogens is 343 g/mol. The first-order valence-corrected chi connectivity index (χ1v) is 0. The summed E-state index contributed by atoms with van der Waals surface area (Å²) in [5.41, 5.74) is 0. The van der Waals surface area contributed by atoms with Crippen LogP contribution in [-0.2, 0) is 33.8 Å². The van der Waals surface area contributed by atoms with Crippen LogP contribution in [0.3, 0.4) is 0 Å². The monoisotopic (exact) mass is 346 g/mol. The third-order valence-electron chi connectivity index (χ3n) is 0. The van der Waals surface area contributed by atoms with Gasteiger partial charge in [0.2, 0.25) is 0 Å². The zero-order valence-corrected chi connectivity index (χ0v) is 7.11. The van der Waals surface area contributed by atoms with Crippen LogP contribution in [0.5, 0.6) is 0 Å². The fraction of sp³-hybridized carbons (Fsp3) is 0. The predicted molar refractivity (Wildman–Crippen MR) is 8.54 cm³/mol. The van der Waals surface area contributed by atoms with Gasteiger partial charge in [-0.1, -0.05) is 0 Å². The first-order chi connectivity index (χ1) is 0. The third kappa shape index (κ3) is 9.30. The van der Waals surface area contributed by atoms with Crippen LogP contribution in [0.4, 0.5) is 0 Å². The van der Waals surface area contributed by atoms with E-state index in [0.717, 1.165) is 0 Å². The Balaban J connectivity index is 0. The molecule has 2 radical (unpaired) electrons. The van der Waals surface area contributed by atoms with Crippen molar-refractivity contribution < 1.29 is 75.1 Å². The summed E-state index contributed by atoms with van der Waals surface area (Å²) in [6, 6.07) is 0. The van der Waals surface area contributed by atoms with Crippen LogP contribution < -0.4 is 0 Å². The van der Waals surface area contributed by atoms with Gasteiger partial charge in [0.1, 0.15) is 0 Å². The van der Waals surface area contributed by atoms with Crippen molar-refractivity contribution >= 4 is 45.5 Å². The summed E-state index contributed by atoms with van der Waals surface area (Å²) in [5.74, 6) is 0. The first kappa shape index (κ1) is 24.8. The van der Waals surface area contributed by atoms with E-state index in [1.165, 1.54) is 0 Å². The van der Waals surface area contributed by atoms with Gasteiger partial charge in [-0.15, -0.1) is 0 Å². The molecule has 0 rings (SSSR count). The van der Waals surface area contributed by atoms with Gasteiger partial charge in [-0.05, 0) is 0 Å². The molecule has 0 aliphatic heterocycles. The number of hydrogen-bond donors (Lipinski definition) is 0. The Morgan fingerprint density at radius 1 is 1.00 bits per heavy atom. The molecule has 0 bridgehead atoms. The van der Waals surface area contributed by atoms with Crippen molar-refractivity contribution in [3.8, 4) is 0 Å². The van der Waals surface area contributed by atoms with Crippen molar-refractivity contribution in [2.75, 3.05) is 0 Å². The van der Waals surface area contributed by atoms with Crippen molar-refractivity contribution in [2.24, 2.45) is 0 Å². The molecule has 0 aliphatic carbocycles. The molecule has 0 saturated carbocycles. The summed E-state index contributed by atoms with van der Waals surface area (Å²) in [6.07, 6.45) is 0. The quantitative estimate of drug-likeness (QED) is 0.498. The van der Waals surface area contributed by atoms with Crippen molar-refractivity contribution in [1.29, 1.82) is 0 Å². The Labute approximate surface area is 117 Å². The van der Waals surface area contributed by atoms with E-state index in [-0.39, 0.29) is 121 Å². The third-order valence-corrected chi connectivity index (χ3v) is 0. The Morgan fingerprint density at radius 3 is 1.00 bits per heavy atom. The second kappa shape index (κ2) is 15.8. The second-order valence-corrected chi connectivity index (χ2v) is 0. The molecule has 24 valence electrons. The predicted octanol–water partition coefficient (Wildman–Crippen LogP) is -0.921. The van der Waals surface area contributed by atoms with Gasteiger partial charge in [0.25, 0.3) is 0 Å². The van der Waals surface area contributed by atoms with Gasteiger partial charge in [0.05, 0.1) is 0 Å². The van der Waals surface area contributed by atoms with E-state index in [0.29, 0.717) is 0 Å². The zero-order chi connectivity index (χ0) is 0. The second-order valence-electron chi connectivity index (χ2n) is 0. The van der Waals surface area contributed by atoms with Crippen molar-refractivity contribution in [2.45, 2.75) is 0 Å². The molecule has 0 heterocycles.